The van der Waals surface area contributed by atoms with E-state index in [4.69, 9.17) is 4.74 Å². The summed E-state index contributed by atoms with van der Waals surface area (Å²) in [6.45, 7) is 5.36. The molecular formula is C15H16N2O3. The van der Waals surface area contributed by atoms with Gasteiger partial charge in [0, 0.05) is 17.4 Å². The molecule has 1 aromatic carbocycles. The fourth-order valence-electron chi connectivity index (χ4n) is 1.78. The van der Waals surface area contributed by atoms with E-state index < -0.39 is 12.1 Å². The molecule has 2 aromatic rings. The van der Waals surface area contributed by atoms with Crippen molar-refractivity contribution in [3.05, 3.63) is 48.7 Å². The smallest absolute Gasteiger partial charge is 0.355 e. The normalized spacial score (nSPS) is 11.8. The molecule has 0 bridgehead atoms. The summed E-state index contributed by atoms with van der Waals surface area (Å²) in [5, 5.41) is 3.49. The number of fused-ring (bicyclic) bond motifs is 1. The zero-order valence-electron chi connectivity index (χ0n) is 11.2. The number of esters is 1. The lowest BCUT2D eigenvalue weighted by Crippen LogP contribution is -2.35. The molecular weight excluding hydrogens is 256 g/mol. The van der Waals surface area contributed by atoms with Gasteiger partial charge in [-0.15, -0.1) is 6.58 Å². The number of amides is 1. The van der Waals surface area contributed by atoms with Crippen LogP contribution in [0.5, 0.6) is 0 Å². The average Bonchev–Trinajstić information content (AvgIpc) is 2.88. The monoisotopic (exact) mass is 272 g/mol. The van der Waals surface area contributed by atoms with Gasteiger partial charge in [0.05, 0.1) is 0 Å². The molecule has 0 saturated heterocycles. The molecule has 1 amide bonds. The topological polar surface area (TPSA) is 71.2 Å². The third kappa shape index (κ3) is 3.06. The van der Waals surface area contributed by atoms with E-state index in [1.807, 2.05) is 24.3 Å². The van der Waals surface area contributed by atoms with E-state index >= 15 is 0 Å². The lowest BCUT2D eigenvalue weighted by molar-refractivity contribution is -0.128. The maximum atomic E-state index is 11.9. The van der Waals surface area contributed by atoms with Gasteiger partial charge in [-0.05, 0) is 19.1 Å². The minimum absolute atomic E-state index is 0.328. The zero-order valence-corrected chi connectivity index (χ0v) is 11.2. The molecule has 0 radical (unpaired) electrons. The summed E-state index contributed by atoms with van der Waals surface area (Å²) >= 11 is 0. The molecule has 104 valence electrons. The second-order valence-electron chi connectivity index (χ2n) is 4.35. The van der Waals surface area contributed by atoms with Crippen molar-refractivity contribution in [2.75, 3.05) is 6.54 Å². The third-order valence-electron chi connectivity index (χ3n) is 2.82. The molecule has 1 heterocycles. The summed E-state index contributed by atoms with van der Waals surface area (Å²) in [5.41, 5.74) is 1.18. The van der Waals surface area contributed by atoms with Crippen molar-refractivity contribution in [1.29, 1.82) is 0 Å². The van der Waals surface area contributed by atoms with Gasteiger partial charge in [0.1, 0.15) is 5.69 Å². The van der Waals surface area contributed by atoms with Crippen LogP contribution in [-0.4, -0.2) is 29.5 Å². The molecule has 5 heteroatoms. The Morgan fingerprint density at radius 1 is 1.45 bits per heavy atom. The van der Waals surface area contributed by atoms with Crippen LogP contribution in [0.1, 0.15) is 17.4 Å². The molecule has 1 aromatic heterocycles. The van der Waals surface area contributed by atoms with E-state index in [2.05, 4.69) is 16.9 Å². The van der Waals surface area contributed by atoms with Crippen LogP contribution >= 0.6 is 0 Å². The minimum atomic E-state index is -0.853. The van der Waals surface area contributed by atoms with Gasteiger partial charge in [-0.3, -0.25) is 4.79 Å². The first-order valence-electron chi connectivity index (χ1n) is 6.29. The van der Waals surface area contributed by atoms with E-state index in [1.54, 1.807) is 12.1 Å². The number of H-pyrrole nitrogens is 1. The quantitative estimate of drug-likeness (QED) is 0.646. The molecule has 2 rings (SSSR count). The van der Waals surface area contributed by atoms with Gasteiger partial charge >= 0.3 is 5.97 Å². The van der Waals surface area contributed by atoms with Crippen LogP contribution in [0.2, 0.25) is 0 Å². The molecule has 20 heavy (non-hydrogen) atoms. The highest BCUT2D eigenvalue weighted by atomic mass is 16.5. The SMILES string of the molecule is C=CCNC(=O)[C@@H](C)OC(=O)c1cc2ccccc2[nH]1. The number of nitrogens with one attached hydrogen (secondary N) is 2. The van der Waals surface area contributed by atoms with Gasteiger partial charge in [0.15, 0.2) is 6.10 Å². The highest BCUT2D eigenvalue weighted by Crippen LogP contribution is 2.15. The van der Waals surface area contributed by atoms with Gasteiger partial charge in [-0.2, -0.15) is 0 Å². The number of para-hydroxylation sites is 1. The summed E-state index contributed by atoms with van der Waals surface area (Å²) in [5.74, 6) is -0.906. The van der Waals surface area contributed by atoms with Crippen LogP contribution in [0.3, 0.4) is 0 Å². The van der Waals surface area contributed by atoms with Gasteiger partial charge in [0.2, 0.25) is 0 Å². The maximum absolute atomic E-state index is 11.9. The van der Waals surface area contributed by atoms with Crippen molar-refractivity contribution >= 4 is 22.8 Å². The average molecular weight is 272 g/mol. The van der Waals surface area contributed by atoms with Gasteiger partial charge in [-0.1, -0.05) is 24.3 Å². The number of carbonyl (C=O) groups is 2. The lowest BCUT2D eigenvalue weighted by Gasteiger charge is -2.11. The van der Waals surface area contributed by atoms with Crippen LogP contribution in [0.25, 0.3) is 10.9 Å². The Morgan fingerprint density at radius 3 is 2.90 bits per heavy atom. The fraction of sp³-hybridized carbons (Fsp3) is 0.200. The van der Waals surface area contributed by atoms with E-state index in [9.17, 15) is 9.59 Å². The van der Waals surface area contributed by atoms with Crippen LogP contribution in [0, 0.1) is 0 Å². The van der Waals surface area contributed by atoms with Gasteiger partial charge in [-0.25, -0.2) is 4.79 Å². The number of carbonyl (C=O) groups excluding carboxylic acids is 2. The molecule has 0 aliphatic carbocycles. The lowest BCUT2D eigenvalue weighted by atomic mass is 10.2. The number of aromatic nitrogens is 1. The minimum Gasteiger partial charge on any atom is -0.448 e. The Morgan fingerprint density at radius 2 is 2.20 bits per heavy atom. The molecule has 0 fully saturated rings. The second kappa shape index (κ2) is 6.06. The molecule has 5 nitrogen and oxygen atoms in total. The van der Waals surface area contributed by atoms with Crippen molar-refractivity contribution in [1.82, 2.24) is 10.3 Å². The predicted octanol–water partition coefficient (Wildman–Crippen LogP) is 2.02. The van der Waals surface area contributed by atoms with E-state index in [0.717, 1.165) is 10.9 Å². The first kappa shape index (κ1) is 13.9. The number of benzene rings is 1. The Bertz CT molecular complexity index is 612. The van der Waals surface area contributed by atoms with Gasteiger partial charge in [0.25, 0.3) is 5.91 Å². The Labute approximate surface area is 116 Å². The number of ether oxygens (including phenoxy) is 1. The first-order chi connectivity index (χ1) is 9.61. The number of hydrogen-bond acceptors (Lipinski definition) is 3. The molecule has 1 atom stereocenters. The first-order valence-corrected chi connectivity index (χ1v) is 6.29. The second-order valence-corrected chi connectivity index (χ2v) is 4.35. The Balaban J connectivity index is 2.04. The standard InChI is InChI=1S/C15H16N2O3/c1-3-8-16-14(18)10(2)20-15(19)13-9-11-6-4-5-7-12(11)17-13/h3-7,9-10,17H,1,8H2,2H3,(H,16,18)/t10-/m1/s1. The molecule has 0 unspecified atom stereocenters. The summed E-state index contributed by atoms with van der Waals surface area (Å²) in [4.78, 5) is 26.5. The van der Waals surface area contributed by atoms with Crippen molar-refractivity contribution in [3.8, 4) is 0 Å². The Kier molecular flexibility index (Phi) is 4.20. The van der Waals surface area contributed by atoms with Crippen molar-refractivity contribution in [2.24, 2.45) is 0 Å². The number of aromatic amines is 1. The molecule has 0 saturated carbocycles. The zero-order chi connectivity index (χ0) is 14.5. The third-order valence-corrected chi connectivity index (χ3v) is 2.82. The number of hydrogen-bond donors (Lipinski definition) is 2. The van der Waals surface area contributed by atoms with Crippen molar-refractivity contribution in [2.45, 2.75) is 13.0 Å². The maximum Gasteiger partial charge on any atom is 0.355 e. The van der Waals surface area contributed by atoms with Crippen LogP contribution in [-0.2, 0) is 9.53 Å². The van der Waals surface area contributed by atoms with Crippen molar-refractivity contribution < 1.29 is 14.3 Å². The fourth-order valence-corrected chi connectivity index (χ4v) is 1.78. The Hall–Kier alpha value is -2.56. The predicted molar refractivity (Wildman–Crippen MR) is 76.4 cm³/mol. The molecule has 0 aliphatic rings. The largest absolute Gasteiger partial charge is 0.448 e. The van der Waals surface area contributed by atoms with E-state index in [1.165, 1.54) is 6.92 Å². The summed E-state index contributed by atoms with van der Waals surface area (Å²) in [6, 6.07) is 9.22. The van der Waals surface area contributed by atoms with Crippen LogP contribution < -0.4 is 5.32 Å². The van der Waals surface area contributed by atoms with Gasteiger partial charge < -0.3 is 15.0 Å². The van der Waals surface area contributed by atoms with Crippen molar-refractivity contribution in [3.63, 3.8) is 0 Å². The summed E-state index contributed by atoms with van der Waals surface area (Å²) in [6.07, 6.45) is 0.707. The highest BCUT2D eigenvalue weighted by Gasteiger charge is 2.19. The van der Waals surface area contributed by atoms with E-state index in [0.29, 0.717) is 12.2 Å². The molecule has 0 spiro atoms. The summed E-state index contributed by atoms with van der Waals surface area (Å²) in [7, 11) is 0. The van der Waals surface area contributed by atoms with Crippen LogP contribution in [0.15, 0.2) is 43.0 Å². The summed E-state index contributed by atoms with van der Waals surface area (Å²) < 4.78 is 5.11. The highest BCUT2D eigenvalue weighted by molar-refractivity contribution is 5.96. The van der Waals surface area contributed by atoms with E-state index in [-0.39, 0.29) is 5.91 Å². The molecule has 0 aliphatic heterocycles. The van der Waals surface area contributed by atoms with Crippen LogP contribution in [0.4, 0.5) is 0 Å². The molecule has 2 N–H and O–H groups in total. The number of rotatable bonds is 5.